The summed E-state index contributed by atoms with van der Waals surface area (Å²) in [6.07, 6.45) is 3.59. The van der Waals surface area contributed by atoms with Gasteiger partial charge in [-0.05, 0) is 0 Å². The molecule has 0 unspecified atom stereocenters. The van der Waals surface area contributed by atoms with Crippen molar-refractivity contribution in [2.75, 3.05) is 5.88 Å². The second-order valence-corrected chi connectivity index (χ2v) is 2.15. The summed E-state index contributed by atoms with van der Waals surface area (Å²) in [5.41, 5.74) is 0. The zero-order valence-electron chi connectivity index (χ0n) is 5.30. The standard InChI is InChI=1S/C6H7ClN2O/c7-4-5(10)3-6-8-1-2-9-6/h1-2H,3-4H2,(H,8,9). The Labute approximate surface area is 63.4 Å². The summed E-state index contributed by atoms with van der Waals surface area (Å²) in [6, 6.07) is 0. The Hall–Kier alpha value is -0.830. The molecule has 1 rings (SSSR count). The Bertz CT molecular complexity index is 208. The van der Waals surface area contributed by atoms with E-state index in [1.165, 1.54) is 0 Å². The van der Waals surface area contributed by atoms with E-state index in [1.807, 2.05) is 0 Å². The molecule has 0 aromatic carbocycles. The van der Waals surface area contributed by atoms with Gasteiger partial charge in [-0.2, -0.15) is 0 Å². The van der Waals surface area contributed by atoms with Gasteiger partial charge in [0, 0.05) is 12.4 Å². The molecule has 0 saturated heterocycles. The fraction of sp³-hybridized carbons (Fsp3) is 0.333. The molecule has 1 heterocycles. The maximum Gasteiger partial charge on any atom is 0.155 e. The third kappa shape index (κ3) is 1.84. The van der Waals surface area contributed by atoms with Crippen LogP contribution in [0.5, 0.6) is 0 Å². The van der Waals surface area contributed by atoms with Crippen LogP contribution in [0.2, 0.25) is 0 Å². The second kappa shape index (κ2) is 3.37. The first-order chi connectivity index (χ1) is 4.83. The smallest absolute Gasteiger partial charge is 0.155 e. The number of carbonyl (C=O) groups is 1. The van der Waals surface area contributed by atoms with Crippen LogP contribution in [-0.4, -0.2) is 21.6 Å². The molecular weight excluding hydrogens is 152 g/mol. The van der Waals surface area contributed by atoms with Crippen LogP contribution in [-0.2, 0) is 11.2 Å². The lowest BCUT2D eigenvalue weighted by atomic mass is 10.3. The summed E-state index contributed by atoms with van der Waals surface area (Å²) in [6.45, 7) is 0. The number of hydrogen-bond acceptors (Lipinski definition) is 2. The van der Waals surface area contributed by atoms with Crippen LogP contribution in [0.25, 0.3) is 0 Å². The number of imidazole rings is 1. The fourth-order valence-corrected chi connectivity index (χ4v) is 0.723. The Kier molecular flexibility index (Phi) is 2.45. The molecule has 3 nitrogen and oxygen atoms in total. The molecule has 0 aliphatic carbocycles. The van der Waals surface area contributed by atoms with Crippen LogP contribution < -0.4 is 0 Å². The van der Waals surface area contributed by atoms with E-state index in [0.29, 0.717) is 12.2 Å². The first-order valence-corrected chi connectivity index (χ1v) is 3.42. The maximum absolute atomic E-state index is 10.7. The van der Waals surface area contributed by atoms with Crippen LogP contribution in [0.4, 0.5) is 0 Å². The van der Waals surface area contributed by atoms with Crippen LogP contribution in [0, 0.1) is 0 Å². The van der Waals surface area contributed by atoms with E-state index in [1.54, 1.807) is 12.4 Å². The molecule has 0 fully saturated rings. The molecule has 0 atom stereocenters. The fourth-order valence-electron chi connectivity index (χ4n) is 0.629. The molecule has 54 valence electrons. The number of hydrogen-bond donors (Lipinski definition) is 1. The molecule has 0 amide bonds. The van der Waals surface area contributed by atoms with E-state index >= 15 is 0 Å². The molecule has 1 N–H and O–H groups in total. The first-order valence-electron chi connectivity index (χ1n) is 2.89. The minimum Gasteiger partial charge on any atom is -0.348 e. The highest BCUT2D eigenvalue weighted by Crippen LogP contribution is 1.92. The summed E-state index contributed by atoms with van der Waals surface area (Å²) < 4.78 is 0. The predicted octanol–water partition coefficient (Wildman–Crippen LogP) is 0.760. The Balaban J connectivity index is 2.48. The van der Waals surface area contributed by atoms with Gasteiger partial charge in [0.05, 0.1) is 12.3 Å². The Morgan fingerprint density at radius 2 is 2.60 bits per heavy atom. The van der Waals surface area contributed by atoms with Gasteiger partial charge >= 0.3 is 0 Å². The summed E-state index contributed by atoms with van der Waals surface area (Å²) in [7, 11) is 0. The van der Waals surface area contributed by atoms with Gasteiger partial charge in [0.1, 0.15) is 5.82 Å². The van der Waals surface area contributed by atoms with E-state index in [-0.39, 0.29) is 11.7 Å². The molecular formula is C6H7ClN2O. The average Bonchev–Trinajstić information content (AvgIpc) is 2.40. The minimum absolute atomic E-state index is 0.0170. The van der Waals surface area contributed by atoms with Crippen molar-refractivity contribution in [1.82, 2.24) is 9.97 Å². The third-order valence-corrected chi connectivity index (χ3v) is 1.37. The van der Waals surface area contributed by atoms with Gasteiger partial charge in [0.25, 0.3) is 0 Å². The van der Waals surface area contributed by atoms with Crippen molar-refractivity contribution in [3.63, 3.8) is 0 Å². The zero-order valence-corrected chi connectivity index (χ0v) is 6.06. The molecule has 0 saturated carbocycles. The second-order valence-electron chi connectivity index (χ2n) is 1.88. The first kappa shape index (κ1) is 7.28. The molecule has 10 heavy (non-hydrogen) atoms. The monoisotopic (exact) mass is 158 g/mol. The van der Waals surface area contributed by atoms with Crippen molar-refractivity contribution in [1.29, 1.82) is 0 Å². The number of nitrogens with zero attached hydrogens (tertiary/aromatic N) is 1. The number of alkyl halides is 1. The lowest BCUT2D eigenvalue weighted by Crippen LogP contribution is -2.04. The number of carbonyl (C=O) groups excluding carboxylic acids is 1. The highest BCUT2D eigenvalue weighted by atomic mass is 35.5. The molecule has 0 aliphatic heterocycles. The van der Waals surface area contributed by atoms with Gasteiger partial charge in [-0.1, -0.05) is 0 Å². The number of rotatable bonds is 3. The van der Waals surface area contributed by atoms with Crippen molar-refractivity contribution in [2.45, 2.75) is 6.42 Å². The largest absolute Gasteiger partial charge is 0.348 e. The van der Waals surface area contributed by atoms with Gasteiger partial charge in [-0.25, -0.2) is 4.98 Å². The van der Waals surface area contributed by atoms with Crippen molar-refractivity contribution in [2.24, 2.45) is 0 Å². The number of H-pyrrole nitrogens is 1. The predicted molar refractivity (Wildman–Crippen MR) is 38.0 cm³/mol. The van der Waals surface area contributed by atoms with Crippen LogP contribution in [0.3, 0.4) is 0 Å². The lowest BCUT2D eigenvalue weighted by molar-refractivity contribution is -0.116. The summed E-state index contributed by atoms with van der Waals surface area (Å²) >= 11 is 5.28. The van der Waals surface area contributed by atoms with Gasteiger partial charge in [0.15, 0.2) is 5.78 Å². The molecule has 0 bridgehead atoms. The lowest BCUT2D eigenvalue weighted by Gasteiger charge is -1.89. The van der Waals surface area contributed by atoms with Gasteiger partial charge in [-0.15, -0.1) is 11.6 Å². The number of ketones is 1. The van der Waals surface area contributed by atoms with Gasteiger partial charge in [0.2, 0.25) is 0 Å². The van der Waals surface area contributed by atoms with Crippen molar-refractivity contribution in [3.05, 3.63) is 18.2 Å². The van der Waals surface area contributed by atoms with E-state index in [2.05, 4.69) is 9.97 Å². The molecule has 0 spiro atoms. The highest BCUT2D eigenvalue weighted by Gasteiger charge is 2.01. The van der Waals surface area contributed by atoms with E-state index in [4.69, 9.17) is 11.6 Å². The van der Waals surface area contributed by atoms with Crippen molar-refractivity contribution < 1.29 is 4.79 Å². The van der Waals surface area contributed by atoms with Crippen molar-refractivity contribution >= 4 is 17.4 Å². The highest BCUT2D eigenvalue weighted by molar-refractivity contribution is 6.27. The SMILES string of the molecule is O=C(CCl)Cc1ncc[nH]1. The van der Waals surface area contributed by atoms with Gasteiger partial charge < -0.3 is 4.98 Å². The number of aromatic amines is 1. The molecule has 1 aromatic rings. The van der Waals surface area contributed by atoms with E-state index in [9.17, 15) is 4.79 Å². The molecule has 0 radical (unpaired) electrons. The molecule has 1 aromatic heterocycles. The third-order valence-electron chi connectivity index (χ3n) is 1.07. The number of nitrogens with one attached hydrogen (secondary N) is 1. The maximum atomic E-state index is 10.7. The number of aromatic nitrogens is 2. The molecule has 0 aliphatic rings. The van der Waals surface area contributed by atoms with Crippen LogP contribution in [0.1, 0.15) is 5.82 Å². The number of halogens is 1. The minimum atomic E-state index is -0.0170. The Morgan fingerprint density at radius 1 is 1.80 bits per heavy atom. The van der Waals surface area contributed by atoms with Crippen LogP contribution >= 0.6 is 11.6 Å². The van der Waals surface area contributed by atoms with E-state index in [0.717, 1.165) is 0 Å². The Morgan fingerprint density at radius 3 is 3.10 bits per heavy atom. The summed E-state index contributed by atoms with van der Waals surface area (Å²) in [5, 5.41) is 0. The normalized spacial score (nSPS) is 9.70. The topological polar surface area (TPSA) is 45.8 Å². The summed E-state index contributed by atoms with van der Waals surface area (Å²) in [4.78, 5) is 17.4. The molecule has 4 heteroatoms. The number of Topliss-reactive ketones (excluding diaryl/α,β-unsaturated/α-hetero) is 1. The van der Waals surface area contributed by atoms with Gasteiger partial charge in [-0.3, -0.25) is 4.79 Å². The zero-order chi connectivity index (χ0) is 7.40. The van der Waals surface area contributed by atoms with Crippen LogP contribution in [0.15, 0.2) is 12.4 Å². The van der Waals surface area contributed by atoms with Crippen molar-refractivity contribution in [3.8, 4) is 0 Å². The van der Waals surface area contributed by atoms with E-state index < -0.39 is 0 Å². The average molecular weight is 159 g/mol. The summed E-state index contributed by atoms with van der Waals surface area (Å²) in [5.74, 6) is 0.711. The quantitative estimate of drug-likeness (QED) is 0.661.